The minimum atomic E-state index is -3.08. The zero-order valence-corrected chi connectivity index (χ0v) is 10.6. The zero-order valence-electron chi connectivity index (χ0n) is 9.00. The molecule has 0 atom stereocenters. The first-order valence-electron chi connectivity index (χ1n) is 5.37. The van der Waals surface area contributed by atoms with Gasteiger partial charge in [-0.1, -0.05) is 0 Å². The Labute approximate surface area is 96.3 Å². The minimum absolute atomic E-state index is 0.0719. The van der Waals surface area contributed by atoms with Crippen molar-refractivity contribution in [2.45, 2.75) is 12.8 Å². The van der Waals surface area contributed by atoms with Gasteiger partial charge in [0.2, 0.25) is 20.0 Å². The Morgan fingerprint density at radius 3 is 1.25 bits per heavy atom. The Kier molecular flexibility index (Phi) is 3.26. The predicted molar refractivity (Wildman–Crippen MR) is 60.0 cm³/mol. The van der Waals surface area contributed by atoms with Gasteiger partial charge in [0.15, 0.2) is 0 Å². The maximum Gasteiger partial charge on any atom is 0.214 e. The molecule has 0 unspecified atom stereocenters. The predicted octanol–water partition coefficient (Wildman–Crippen LogP) is -0.943. The number of nitrogens with zero attached hydrogens (tertiary/aromatic N) is 2. The molecule has 94 valence electrons. The zero-order chi connectivity index (χ0) is 11.8. The Morgan fingerprint density at radius 2 is 1.00 bits per heavy atom. The van der Waals surface area contributed by atoms with E-state index >= 15 is 0 Å². The first kappa shape index (κ1) is 12.3. The van der Waals surface area contributed by atoms with Gasteiger partial charge in [0.1, 0.15) is 0 Å². The largest absolute Gasteiger partial charge is 0.214 e. The number of unbranched alkanes of at least 4 members (excludes halogenated alkanes) is 1. The first-order chi connectivity index (χ1) is 7.42. The molecule has 2 fully saturated rings. The first-order valence-corrected chi connectivity index (χ1v) is 8.59. The summed E-state index contributed by atoms with van der Waals surface area (Å²) in [4.78, 5) is 0. The van der Waals surface area contributed by atoms with Crippen LogP contribution >= 0.6 is 0 Å². The molecule has 0 spiro atoms. The summed E-state index contributed by atoms with van der Waals surface area (Å²) in [6, 6.07) is 0. The summed E-state index contributed by atoms with van der Waals surface area (Å²) in [5.74, 6) is 0.144. The van der Waals surface area contributed by atoms with Crippen LogP contribution in [0, 0.1) is 0 Å². The second-order valence-electron chi connectivity index (χ2n) is 4.14. The molecule has 2 heterocycles. The Morgan fingerprint density at radius 1 is 0.688 bits per heavy atom. The van der Waals surface area contributed by atoms with E-state index in [1.807, 2.05) is 0 Å². The van der Waals surface area contributed by atoms with Gasteiger partial charge in [-0.3, -0.25) is 0 Å². The topological polar surface area (TPSA) is 74.3 Å². The van der Waals surface area contributed by atoms with Gasteiger partial charge >= 0.3 is 0 Å². The summed E-state index contributed by atoms with van der Waals surface area (Å²) in [5.41, 5.74) is 0. The van der Waals surface area contributed by atoms with E-state index in [9.17, 15) is 16.8 Å². The molecule has 0 amide bonds. The van der Waals surface area contributed by atoms with Crippen molar-refractivity contribution >= 4 is 20.0 Å². The Balaban J connectivity index is 1.68. The molecule has 2 rings (SSSR count). The van der Waals surface area contributed by atoms with Gasteiger partial charge in [0.05, 0.1) is 11.5 Å². The smallest absolute Gasteiger partial charge is 0.212 e. The normalized spacial score (nSPS) is 22.2. The monoisotopic (exact) mass is 268 g/mol. The lowest BCUT2D eigenvalue weighted by Crippen LogP contribution is -2.19. The van der Waals surface area contributed by atoms with Crippen molar-refractivity contribution in [1.29, 1.82) is 0 Å². The van der Waals surface area contributed by atoms with E-state index in [-0.39, 0.29) is 11.5 Å². The van der Waals surface area contributed by atoms with Crippen molar-refractivity contribution in [2.75, 3.05) is 37.7 Å². The highest BCUT2D eigenvalue weighted by Crippen LogP contribution is 2.16. The molecule has 0 radical (unpaired) electrons. The lowest BCUT2D eigenvalue weighted by molar-refractivity contribution is 0.552. The van der Waals surface area contributed by atoms with Crippen LogP contribution in [0.4, 0.5) is 0 Å². The van der Waals surface area contributed by atoms with Gasteiger partial charge in [0.25, 0.3) is 0 Å². The van der Waals surface area contributed by atoms with Gasteiger partial charge < -0.3 is 0 Å². The standard InChI is InChI=1S/C8H16N2O4S2/c11-15(12,9-3-4-9)7-1-2-8-16(13,14)10-5-6-10/h1-8H2. The maximum absolute atomic E-state index is 11.4. The van der Waals surface area contributed by atoms with Gasteiger partial charge in [-0.15, -0.1) is 0 Å². The summed E-state index contributed by atoms with van der Waals surface area (Å²) in [5, 5.41) is 0. The van der Waals surface area contributed by atoms with Crippen molar-refractivity contribution < 1.29 is 16.8 Å². The van der Waals surface area contributed by atoms with Gasteiger partial charge in [-0.05, 0) is 12.8 Å². The fourth-order valence-electron chi connectivity index (χ4n) is 1.47. The second-order valence-corrected chi connectivity index (χ2v) is 8.31. The second kappa shape index (κ2) is 4.25. The highest BCUT2D eigenvalue weighted by atomic mass is 32.2. The molecular formula is C8H16N2O4S2. The lowest BCUT2D eigenvalue weighted by atomic mass is 10.4. The molecule has 0 bridgehead atoms. The average Bonchev–Trinajstić information content (AvgIpc) is 3.06. The van der Waals surface area contributed by atoms with Gasteiger partial charge in [-0.25, -0.2) is 16.8 Å². The van der Waals surface area contributed by atoms with Crippen LogP contribution in [0.2, 0.25) is 0 Å². The molecule has 2 aliphatic rings. The number of rotatable bonds is 7. The van der Waals surface area contributed by atoms with E-state index in [2.05, 4.69) is 0 Å². The number of hydrogen-bond acceptors (Lipinski definition) is 4. The molecule has 0 aromatic rings. The van der Waals surface area contributed by atoms with Gasteiger partial charge in [0, 0.05) is 26.2 Å². The maximum atomic E-state index is 11.4. The molecule has 8 heteroatoms. The highest BCUT2D eigenvalue weighted by molar-refractivity contribution is 7.89. The van der Waals surface area contributed by atoms with Crippen LogP contribution < -0.4 is 0 Å². The minimum Gasteiger partial charge on any atom is -0.212 e. The van der Waals surface area contributed by atoms with E-state index < -0.39 is 20.0 Å². The van der Waals surface area contributed by atoms with Gasteiger partial charge in [-0.2, -0.15) is 8.61 Å². The van der Waals surface area contributed by atoms with Crippen molar-refractivity contribution in [3.05, 3.63) is 0 Å². The van der Waals surface area contributed by atoms with Crippen LogP contribution in [0.1, 0.15) is 12.8 Å². The quantitative estimate of drug-likeness (QED) is 0.441. The third kappa shape index (κ3) is 3.16. The molecule has 0 aromatic heterocycles. The molecule has 0 aliphatic carbocycles. The molecule has 2 saturated heterocycles. The summed E-state index contributed by atoms with van der Waals surface area (Å²) in [6.07, 6.45) is 0.845. The van der Waals surface area contributed by atoms with Crippen LogP contribution in [0.15, 0.2) is 0 Å². The van der Waals surface area contributed by atoms with Crippen molar-refractivity contribution in [3.8, 4) is 0 Å². The Bertz CT molecular complexity index is 404. The van der Waals surface area contributed by atoms with Crippen molar-refractivity contribution in [1.82, 2.24) is 8.61 Å². The fourth-order valence-corrected chi connectivity index (χ4v) is 4.40. The van der Waals surface area contributed by atoms with Crippen molar-refractivity contribution in [2.24, 2.45) is 0 Å². The van der Waals surface area contributed by atoms with E-state index in [0.717, 1.165) is 0 Å². The van der Waals surface area contributed by atoms with E-state index in [4.69, 9.17) is 0 Å². The van der Waals surface area contributed by atoms with E-state index in [1.54, 1.807) is 0 Å². The van der Waals surface area contributed by atoms with Crippen LogP contribution in [-0.4, -0.2) is 63.1 Å². The molecule has 0 N–H and O–H groups in total. The SMILES string of the molecule is O=S(=O)(CCCCS(=O)(=O)N1CC1)N1CC1. The molecule has 2 aliphatic heterocycles. The molecular weight excluding hydrogens is 252 g/mol. The molecule has 0 aromatic carbocycles. The molecule has 16 heavy (non-hydrogen) atoms. The van der Waals surface area contributed by atoms with Crippen LogP contribution in [-0.2, 0) is 20.0 Å². The Hall–Kier alpha value is -0.180. The van der Waals surface area contributed by atoms with E-state index in [0.29, 0.717) is 39.0 Å². The number of hydrogen-bond donors (Lipinski definition) is 0. The lowest BCUT2D eigenvalue weighted by Gasteiger charge is -2.05. The molecule has 0 saturated carbocycles. The summed E-state index contributed by atoms with van der Waals surface area (Å²) in [7, 11) is -6.17. The fraction of sp³-hybridized carbons (Fsp3) is 1.00. The highest BCUT2D eigenvalue weighted by Gasteiger charge is 2.32. The number of sulfonamides is 2. The summed E-state index contributed by atoms with van der Waals surface area (Å²) in [6.45, 7) is 2.48. The summed E-state index contributed by atoms with van der Waals surface area (Å²) < 4.78 is 48.5. The van der Waals surface area contributed by atoms with Crippen LogP contribution in [0.3, 0.4) is 0 Å². The van der Waals surface area contributed by atoms with Crippen molar-refractivity contribution in [3.63, 3.8) is 0 Å². The van der Waals surface area contributed by atoms with Crippen LogP contribution in [0.25, 0.3) is 0 Å². The average molecular weight is 268 g/mol. The third-order valence-corrected chi connectivity index (χ3v) is 6.57. The molecule has 6 nitrogen and oxygen atoms in total. The van der Waals surface area contributed by atoms with Crippen LogP contribution in [0.5, 0.6) is 0 Å². The summed E-state index contributed by atoms with van der Waals surface area (Å²) >= 11 is 0. The van der Waals surface area contributed by atoms with E-state index in [1.165, 1.54) is 8.61 Å². The third-order valence-electron chi connectivity index (χ3n) is 2.65.